The van der Waals surface area contributed by atoms with Gasteiger partial charge >= 0.3 is 0 Å². The van der Waals surface area contributed by atoms with Crippen molar-refractivity contribution in [2.75, 3.05) is 10.2 Å². The number of carbonyl (C=O) groups is 3. The zero-order valence-corrected chi connectivity index (χ0v) is 19.4. The molecule has 33 heavy (non-hydrogen) atoms. The van der Waals surface area contributed by atoms with Crippen molar-refractivity contribution in [2.45, 2.75) is 95.2 Å². The van der Waals surface area contributed by atoms with Gasteiger partial charge in [0.05, 0.1) is 11.4 Å². The molecule has 0 bridgehead atoms. The van der Waals surface area contributed by atoms with Gasteiger partial charge in [0.2, 0.25) is 11.8 Å². The molecule has 178 valence electrons. The molecule has 1 aromatic rings. The van der Waals surface area contributed by atoms with E-state index in [1.807, 2.05) is 11.0 Å². The standard InChI is InChI=1S/C26H36N4O3/c27-19-8-4-5-9-20(19)29-25(32)18-12-13-22-21(14-18)28-24(31)15-23(16-6-2-1-3-7-16)30(22)26(33)17-10-11-17/h12-14,16-17,19-20,23H,1-11,15,27H2,(H,28,31)(H,29,32). The van der Waals surface area contributed by atoms with Gasteiger partial charge in [-0.2, -0.15) is 0 Å². The van der Waals surface area contributed by atoms with Crippen molar-refractivity contribution < 1.29 is 14.4 Å². The maximum absolute atomic E-state index is 13.4. The van der Waals surface area contributed by atoms with Crippen LogP contribution in [0.5, 0.6) is 0 Å². The third-order valence-electron chi connectivity index (χ3n) is 8.01. The topological polar surface area (TPSA) is 105 Å². The van der Waals surface area contributed by atoms with E-state index in [9.17, 15) is 14.4 Å². The van der Waals surface area contributed by atoms with E-state index in [0.717, 1.165) is 69.9 Å². The fourth-order valence-electron chi connectivity index (χ4n) is 5.94. The lowest BCUT2D eigenvalue weighted by Crippen LogP contribution is -2.49. The van der Waals surface area contributed by atoms with E-state index in [2.05, 4.69) is 10.6 Å². The van der Waals surface area contributed by atoms with Gasteiger partial charge in [0.25, 0.3) is 5.91 Å². The highest BCUT2D eigenvalue weighted by Crippen LogP contribution is 2.42. The quantitative estimate of drug-likeness (QED) is 0.647. The number of amides is 3. The first-order valence-electron chi connectivity index (χ1n) is 12.8. The number of benzene rings is 1. The summed E-state index contributed by atoms with van der Waals surface area (Å²) in [6.45, 7) is 0. The molecule has 4 aliphatic rings. The zero-order chi connectivity index (χ0) is 22.9. The number of nitrogens with zero attached hydrogens (tertiary/aromatic N) is 1. The molecular weight excluding hydrogens is 416 g/mol. The molecule has 1 heterocycles. The number of hydrogen-bond donors (Lipinski definition) is 3. The molecule has 3 fully saturated rings. The average Bonchev–Trinajstić information content (AvgIpc) is 3.67. The van der Waals surface area contributed by atoms with E-state index in [4.69, 9.17) is 5.73 Å². The van der Waals surface area contributed by atoms with Crippen molar-refractivity contribution >= 4 is 29.1 Å². The number of anilines is 2. The van der Waals surface area contributed by atoms with E-state index in [1.165, 1.54) is 6.42 Å². The van der Waals surface area contributed by atoms with Crippen LogP contribution in [-0.4, -0.2) is 35.8 Å². The third-order valence-corrected chi connectivity index (χ3v) is 8.01. The molecule has 0 spiro atoms. The Morgan fingerprint density at radius 3 is 2.42 bits per heavy atom. The number of hydrogen-bond acceptors (Lipinski definition) is 4. The fraction of sp³-hybridized carbons (Fsp3) is 0.654. The van der Waals surface area contributed by atoms with Crippen LogP contribution < -0.4 is 21.3 Å². The van der Waals surface area contributed by atoms with Crippen LogP contribution in [0.25, 0.3) is 0 Å². The Hall–Kier alpha value is -2.41. The number of nitrogens with one attached hydrogen (secondary N) is 2. The summed E-state index contributed by atoms with van der Waals surface area (Å²) < 4.78 is 0. The smallest absolute Gasteiger partial charge is 0.251 e. The Morgan fingerprint density at radius 1 is 0.970 bits per heavy atom. The molecule has 5 rings (SSSR count). The van der Waals surface area contributed by atoms with Crippen molar-refractivity contribution in [2.24, 2.45) is 17.6 Å². The highest BCUT2D eigenvalue weighted by atomic mass is 16.2. The maximum atomic E-state index is 13.4. The van der Waals surface area contributed by atoms with Crippen molar-refractivity contribution in [3.63, 3.8) is 0 Å². The first kappa shape index (κ1) is 22.4. The fourth-order valence-corrected chi connectivity index (χ4v) is 5.94. The van der Waals surface area contributed by atoms with Crippen LogP contribution in [0.1, 0.15) is 87.4 Å². The van der Waals surface area contributed by atoms with E-state index < -0.39 is 0 Å². The van der Waals surface area contributed by atoms with Crippen LogP contribution >= 0.6 is 0 Å². The number of rotatable bonds is 4. The first-order valence-corrected chi connectivity index (χ1v) is 12.8. The van der Waals surface area contributed by atoms with Gasteiger partial charge in [-0.3, -0.25) is 14.4 Å². The summed E-state index contributed by atoms with van der Waals surface area (Å²) in [5, 5.41) is 6.09. The van der Waals surface area contributed by atoms with Gasteiger partial charge in [-0.25, -0.2) is 0 Å². The molecule has 0 aromatic heterocycles. The Balaban J connectivity index is 1.44. The second kappa shape index (κ2) is 9.45. The minimum absolute atomic E-state index is 0.0221. The van der Waals surface area contributed by atoms with Gasteiger partial charge in [-0.1, -0.05) is 32.1 Å². The lowest BCUT2D eigenvalue weighted by atomic mass is 9.81. The predicted molar refractivity (Wildman–Crippen MR) is 128 cm³/mol. The Kier molecular flexibility index (Phi) is 6.41. The summed E-state index contributed by atoms with van der Waals surface area (Å²) >= 11 is 0. The average molecular weight is 453 g/mol. The number of nitrogens with two attached hydrogens (primary N) is 1. The summed E-state index contributed by atoms with van der Waals surface area (Å²) in [4.78, 5) is 41.3. The van der Waals surface area contributed by atoms with E-state index in [0.29, 0.717) is 23.6 Å². The van der Waals surface area contributed by atoms with Crippen molar-refractivity contribution in [1.82, 2.24) is 5.32 Å². The molecule has 3 atom stereocenters. The molecule has 4 N–H and O–H groups in total. The highest BCUT2D eigenvalue weighted by molar-refractivity contribution is 6.07. The molecule has 0 radical (unpaired) electrons. The molecule has 1 aromatic carbocycles. The molecule has 0 saturated heterocycles. The zero-order valence-electron chi connectivity index (χ0n) is 19.4. The van der Waals surface area contributed by atoms with E-state index in [1.54, 1.807) is 12.1 Å². The molecule has 3 unspecified atom stereocenters. The predicted octanol–water partition coefficient (Wildman–Crippen LogP) is 3.72. The second-order valence-electron chi connectivity index (χ2n) is 10.5. The summed E-state index contributed by atoms with van der Waals surface area (Å²) in [5.41, 5.74) is 8.00. The summed E-state index contributed by atoms with van der Waals surface area (Å²) in [7, 11) is 0. The van der Waals surface area contributed by atoms with Gasteiger partial charge in [0.1, 0.15) is 0 Å². The lowest BCUT2D eigenvalue weighted by molar-refractivity contribution is -0.121. The van der Waals surface area contributed by atoms with Crippen molar-refractivity contribution in [3.05, 3.63) is 23.8 Å². The second-order valence-corrected chi connectivity index (χ2v) is 10.5. The van der Waals surface area contributed by atoms with E-state index >= 15 is 0 Å². The van der Waals surface area contributed by atoms with Gasteiger partial charge < -0.3 is 21.3 Å². The summed E-state index contributed by atoms with van der Waals surface area (Å²) in [6.07, 6.45) is 11.8. The molecule has 3 saturated carbocycles. The van der Waals surface area contributed by atoms with E-state index in [-0.39, 0.29) is 41.8 Å². The van der Waals surface area contributed by atoms with Crippen LogP contribution in [-0.2, 0) is 9.59 Å². The maximum Gasteiger partial charge on any atom is 0.251 e. The minimum atomic E-state index is -0.178. The first-order chi connectivity index (χ1) is 16.0. The molecule has 3 amide bonds. The molecule has 3 aliphatic carbocycles. The van der Waals surface area contributed by atoms with Crippen LogP contribution in [0.2, 0.25) is 0 Å². The van der Waals surface area contributed by atoms with Crippen LogP contribution in [0.3, 0.4) is 0 Å². The van der Waals surface area contributed by atoms with Crippen LogP contribution in [0, 0.1) is 11.8 Å². The van der Waals surface area contributed by atoms with Gasteiger partial charge in [0.15, 0.2) is 0 Å². The highest BCUT2D eigenvalue weighted by Gasteiger charge is 2.42. The normalized spacial score (nSPS) is 28.5. The molecule has 7 heteroatoms. The monoisotopic (exact) mass is 452 g/mol. The van der Waals surface area contributed by atoms with Crippen molar-refractivity contribution in [3.8, 4) is 0 Å². The molecular formula is C26H36N4O3. The third kappa shape index (κ3) is 4.79. The van der Waals surface area contributed by atoms with Crippen molar-refractivity contribution in [1.29, 1.82) is 0 Å². The molecule has 7 nitrogen and oxygen atoms in total. The largest absolute Gasteiger partial charge is 0.348 e. The van der Waals surface area contributed by atoms with Crippen LogP contribution in [0.15, 0.2) is 18.2 Å². The Bertz CT molecular complexity index is 922. The number of fused-ring (bicyclic) bond motifs is 1. The summed E-state index contributed by atoms with van der Waals surface area (Å²) in [5.74, 6) is 0.280. The summed E-state index contributed by atoms with van der Waals surface area (Å²) in [6, 6.07) is 5.21. The SMILES string of the molecule is NC1CCCCC1NC(=O)c1ccc2c(c1)NC(=O)CC(C1CCCCC1)N2C(=O)C1CC1. The Labute approximate surface area is 195 Å². The number of carbonyl (C=O) groups excluding carboxylic acids is 3. The van der Waals surface area contributed by atoms with Gasteiger partial charge in [-0.15, -0.1) is 0 Å². The lowest BCUT2D eigenvalue weighted by Gasteiger charge is -2.38. The minimum Gasteiger partial charge on any atom is -0.348 e. The Morgan fingerprint density at radius 2 is 1.70 bits per heavy atom. The van der Waals surface area contributed by atoms with Crippen LogP contribution in [0.4, 0.5) is 11.4 Å². The van der Waals surface area contributed by atoms with Gasteiger partial charge in [0, 0.05) is 36.0 Å². The molecule has 1 aliphatic heterocycles. The van der Waals surface area contributed by atoms with Gasteiger partial charge in [-0.05, 0) is 62.6 Å².